The molecule has 1 atom stereocenters. The third kappa shape index (κ3) is 6.15. The van der Waals surface area contributed by atoms with Gasteiger partial charge in [-0.1, -0.05) is 47.7 Å². The smallest absolute Gasteiger partial charge is 0.338 e. The van der Waals surface area contributed by atoms with Crippen LogP contribution >= 0.6 is 11.3 Å². The zero-order valence-electron chi connectivity index (χ0n) is 22.9. The molecule has 0 saturated heterocycles. The number of aromatic nitrogens is 1. The first kappa shape index (κ1) is 28.0. The van der Waals surface area contributed by atoms with E-state index >= 15 is 0 Å². The minimum atomic E-state index is -0.700. The molecule has 0 saturated carbocycles. The fourth-order valence-corrected chi connectivity index (χ4v) is 5.66. The summed E-state index contributed by atoms with van der Waals surface area (Å²) in [6.45, 7) is 6.42. The van der Waals surface area contributed by atoms with Crippen molar-refractivity contribution in [3.63, 3.8) is 0 Å². The largest absolute Gasteiger partial charge is 0.494 e. The second kappa shape index (κ2) is 12.3. The predicted octanol–water partition coefficient (Wildman–Crippen LogP) is 4.92. The number of esters is 1. The molecule has 3 aromatic carbocycles. The number of hydrogen-bond donors (Lipinski definition) is 0. The maximum Gasteiger partial charge on any atom is 0.338 e. The Hall–Kier alpha value is -4.50. The Morgan fingerprint density at radius 1 is 1.00 bits per heavy atom. The first-order chi connectivity index (χ1) is 19.9. The van der Waals surface area contributed by atoms with Crippen molar-refractivity contribution in [3.05, 3.63) is 126 Å². The van der Waals surface area contributed by atoms with E-state index in [9.17, 15) is 14.0 Å². The van der Waals surface area contributed by atoms with Crippen molar-refractivity contribution in [1.82, 2.24) is 4.57 Å². The molecule has 0 N–H and O–H groups in total. The third-order valence-corrected chi connectivity index (χ3v) is 7.48. The molecular weight excluding hydrogens is 543 g/mol. The number of rotatable bonds is 9. The summed E-state index contributed by atoms with van der Waals surface area (Å²) in [7, 11) is 0. The van der Waals surface area contributed by atoms with E-state index in [-0.39, 0.29) is 24.6 Å². The maximum absolute atomic E-state index is 13.8. The Morgan fingerprint density at radius 2 is 1.76 bits per heavy atom. The van der Waals surface area contributed by atoms with E-state index in [0.717, 1.165) is 16.7 Å². The van der Waals surface area contributed by atoms with E-state index in [2.05, 4.69) is 4.99 Å². The lowest BCUT2D eigenvalue weighted by molar-refractivity contribution is -0.139. The van der Waals surface area contributed by atoms with Crippen molar-refractivity contribution in [3.8, 4) is 11.5 Å². The van der Waals surface area contributed by atoms with Crippen LogP contribution in [0.2, 0.25) is 0 Å². The molecule has 5 rings (SSSR count). The van der Waals surface area contributed by atoms with Crippen molar-refractivity contribution < 1.29 is 23.4 Å². The van der Waals surface area contributed by atoms with Gasteiger partial charge in [0.15, 0.2) is 4.80 Å². The maximum atomic E-state index is 13.8. The lowest BCUT2D eigenvalue weighted by Gasteiger charge is -2.24. The molecular formula is C32H29FN2O5S. The summed E-state index contributed by atoms with van der Waals surface area (Å²) in [4.78, 5) is 32.1. The molecule has 9 heteroatoms. The fraction of sp³-hybridized carbons (Fsp3) is 0.219. The second-order valence-electron chi connectivity index (χ2n) is 9.29. The van der Waals surface area contributed by atoms with E-state index in [4.69, 9.17) is 14.2 Å². The minimum absolute atomic E-state index is 0.204. The summed E-state index contributed by atoms with van der Waals surface area (Å²) in [6.07, 6.45) is 1.78. The molecule has 0 radical (unpaired) electrons. The molecule has 1 aromatic heterocycles. The number of ether oxygens (including phenoxy) is 3. The van der Waals surface area contributed by atoms with Crippen molar-refractivity contribution >= 4 is 23.4 Å². The van der Waals surface area contributed by atoms with Crippen LogP contribution in [0, 0.1) is 5.82 Å². The van der Waals surface area contributed by atoms with Crippen LogP contribution in [0.15, 0.2) is 93.9 Å². The van der Waals surface area contributed by atoms with E-state index in [0.29, 0.717) is 38.7 Å². The van der Waals surface area contributed by atoms with Crippen molar-refractivity contribution in [2.75, 3.05) is 13.2 Å². The van der Waals surface area contributed by atoms with Crippen LogP contribution < -0.4 is 24.4 Å². The van der Waals surface area contributed by atoms with Crippen LogP contribution in [0.4, 0.5) is 4.39 Å². The van der Waals surface area contributed by atoms with Crippen molar-refractivity contribution in [2.45, 2.75) is 33.4 Å². The Balaban J connectivity index is 1.53. The average Bonchev–Trinajstić information content (AvgIpc) is 3.27. The number of nitrogens with zero attached hydrogens (tertiary/aromatic N) is 2. The molecule has 1 aliphatic heterocycles. The van der Waals surface area contributed by atoms with Gasteiger partial charge in [0.2, 0.25) is 0 Å². The van der Waals surface area contributed by atoms with Gasteiger partial charge in [-0.05, 0) is 79.9 Å². The molecule has 1 aliphatic rings. The molecule has 0 aliphatic carbocycles. The summed E-state index contributed by atoms with van der Waals surface area (Å²) in [5.74, 6) is 0.506. The van der Waals surface area contributed by atoms with Crippen LogP contribution in [0.1, 0.15) is 43.5 Å². The summed E-state index contributed by atoms with van der Waals surface area (Å²) < 4.78 is 32.1. The third-order valence-electron chi connectivity index (χ3n) is 6.50. The van der Waals surface area contributed by atoms with Crippen LogP contribution in [0.3, 0.4) is 0 Å². The van der Waals surface area contributed by atoms with Crippen molar-refractivity contribution in [1.29, 1.82) is 0 Å². The van der Waals surface area contributed by atoms with Gasteiger partial charge in [0, 0.05) is 0 Å². The summed E-state index contributed by atoms with van der Waals surface area (Å²) in [5, 5.41) is 0. The number of carbonyl (C=O) groups is 1. The van der Waals surface area contributed by atoms with E-state index in [1.54, 1.807) is 36.6 Å². The zero-order chi connectivity index (χ0) is 28.9. The minimum Gasteiger partial charge on any atom is -0.494 e. The first-order valence-corrected chi connectivity index (χ1v) is 14.1. The van der Waals surface area contributed by atoms with Crippen LogP contribution in [-0.4, -0.2) is 23.8 Å². The quantitative estimate of drug-likeness (QED) is 0.266. The Kier molecular flexibility index (Phi) is 8.45. The highest BCUT2D eigenvalue weighted by atomic mass is 32.1. The monoisotopic (exact) mass is 572 g/mol. The van der Waals surface area contributed by atoms with Gasteiger partial charge in [-0.25, -0.2) is 14.2 Å². The van der Waals surface area contributed by atoms with Gasteiger partial charge in [0.1, 0.15) is 23.9 Å². The lowest BCUT2D eigenvalue weighted by atomic mass is 9.96. The highest BCUT2D eigenvalue weighted by Crippen LogP contribution is 2.31. The highest BCUT2D eigenvalue weighted by Gasteiger charge is 2.33. The number of thiazole rings is 1. The molecule has 1 unspecified atom stereocenters. The van der Waals surface area contributed by atoms with Gasteiger partial charge in [-0.15, -0.1) is 0 Å². The lowest BCUT2D eigenvalue weighted by Crippen LogP contribution is -2.39. The van der Waals surface area contributed by atoms with Crippen LogP contribution in [0.5, 0.6) is 11.5 Å². The zero-order valence-corrected chi connectivity index (χ0v) is 23.7. The fourth-order valence-electron chi connectivity index (χ4n) is 4.61. The molecule has 0 bridgehead atoms. The van der Waals surface area contributed by atoms with Gasteiger partial charge < -0.3 is 14.2 Å². The molecule has 4 aromatic rings. The van der Waals surface area contributed by atoms with E-state index < -0.39 is 12.0 Å². The SMILES string of the molecule is CCOC(=O)C1=C(C)N=c2s/c(=C/c3cccc(OCc4ccc(F)cc4)c3)c(=O)n2C1c1ccc(OCC)cc1. The second-order valence-corrected chi connectivity index (χ2v) is 10.3. The van der Waals surface area contributed by atoms with Gasteiger partial charge >= 0.3 is 5.97 Å². The van der Waals surface area contributed by atoms with Gasteiger partial charge in [-0.3, -0.25) is 9.36 Å². The molecule has 0 fully saturated rings. The number of allylic oxidation sites excluding steroid dienone is 1. The number of benzene rings is 3. The standard InChI is InChI=1S/C32H29FN2O5S/c1-4-38-25-15-11-23(12-16-25)29-28(31(37)39-5-2)20(3)34-32-35(29)30(36)27(41-32)18-22-7-6-8-26(17-22)40-19-21-9-13-24(33)14-10-21/h6-18,29H,4-5,19H2,1-3H3/b27-18+. The normalized spacial score (nSPS) is 14.8. The Morgan fingerprint density at radius 3 is 2.46 bits per heavy atom. The average molecular weight is 573 g/mol. The van der Waals surface area contributed by atoms with Crippen molar-refractivity contribution in [2.24, 2.45) is 4.99 Å². The molecule has 0 spiro atoms. The molecule has 0 amide bonds. The molecule has 2 heterocycles. The Bertz CT molecular complexity index is 1770. The molecule has 7 nitrogen and oxygen atoms in total. The number of fused-ring (bicyclic) bond motifs is 1. The number of halogens is 1. The molecule has 41 heavy (non-hydrogen) atoms. The summed E-state index contributed by atoms with van der Waals surface area (Å²) >= 11 is 1.26. The molecule has 210 valence electrons. The Labute approximate surface area is 240 Å². The van der Waals surface area contributed by atoms with E-state index in [1.807, 2.05) is 55.5 Å². The number of carbonyl (C=O) groups excluding carboxylic acids is 1. The van der Waals surface area contributed by atoms with Gasteiger partial charge in [0.25, 0.3) is 5.56 Å². The first-order valence-electron chi connectivity index (χ1n) is 13.3. The van der Waals surface area contributed by atoms with Gasteiger partial charge in [0.05, 0.1) is 35.1 Å². The number of hydrogen-bond acceptors (Lipinski definition) is 7. The van der Waals surface area contributed by atoms with Crippen LogP contribution in [0.25, 0.3) is 6.08 Å². The van der Waals surface area contributed by atoms with E-state index in [1.165, 1.54) is 23.5 Å². The predicted molar refractivity (Wildman–Crippen MR) is 155 cm³/mol. The highest BCUT2D eigenvalue weighted by molar-refractivity contribution is 7.07. The topological polar surface area (TPSA) is 79.1 Å². The van der Waals surface area contributed by atoms with Crippen LogP contribution in [-0.2, 0) is 16.1 Å². The van der Waals surface area contributed by atoms with Gasteiger partial charge in [-0.2, -0.15) is 0 Å². The summed E-state index contributed by atoms with van der Waals surface area (Å²) in [6, 6.07) is 20.2. The summed E-state index contributed by atoms with van der Waals surface area (Å²) in [5.41, 5.74) is 2.92.